The number of nitrogens with two attached hydrogens (primary N) is 1. The van der Waals surface area contributed by atoms with Gasteiger partial charge in [0.05, 0.1) is 0 Å². The van der Waals surface area contributed by atoms with Crippen molar-refractivity contribution in [3.8, 4) is 0 Å². The van der Waals surface area contributed by atoms with E-state index in [1.54, 1.807) is 0 Å². The summed E-state index contributed by atoms with van der Waals surface area (Å²) in [7, 11) is 0. The molecule has 4 N–H and O–H groups in total. The SMILES string of the molecule is CCCCCCCCCCCCCCNC(=O)C(NC(=O)CCCN)C(C)C. The first-order chi connectivity index (χ1) is 13.5. The average Bonchev–Trinajstić information content (AvgIpc) is 2.67. The number of hydrogen-bond acceptors (Lipinski definition) is 3. The van der Waals surface area contributed by atoms with Crippen molar-refractivity contribution in [2.24, 2.45) is 11.7 Å². The minimum atomic E-state index is -0.456. The van der Waals surface area contributed by atoms with E-state index in [0.717, 1.165) is 12.8 Å². The second kappa shape index (κ2) is 19.2. The summed E-state index contributed by atoms with van der Waals surface area (Å²) >= 11 is 0. The first-order valence-corrected chi connectivity index (χ1v) is 11.8. The van der Waals surface area contributed by atoms with E-state index < -0.39 is 6.04 Å². The van der Waals surface area contributed by atoms with Crippen LogP contribution in [0, 0.1) is 5.92 Å². The maximum atomic E-state index is 12.3. The monoisotopic (exact) mass is 397 g/mol. The molecule has 0 bridgehead atoms. The summed E-state index contributed by atoms with van der Waals surface area (Å²) in [5, 5.41) is 5.82. The van der Waals surface area contributed by atoms with E-state index in [1.807, 2.05) is 13.8 Å². The third kappa shape index (κ3) is 15.9. The summed E-state index contributed by atoms with van der Waals surface area (Å²) in [5.74, 6) is -0.0902. The van der Waals surface area contributed by atoms with Crippen molar-refractivity contribution >= 4 is 11.8 Å². The Morgan fingerprint density at radius 3 is 1.75 bits per heavy atom. The molecule has 1 atom stereocenters. The lowest BCUT2D eigenvalue weighted by atomic mass is 10.0. The van der Waals surface area contributed by atoms with Crippen LogP contribution < -0.4 is 16.4 Å². The zero-order chi connectivity index (χ0) is 21.0. The molecule has 5 heteroatoms. The largest absolute Gasteiger partial charge is 0.354 e. The standard InChI is InChI=1S/C23H47N3O2/c1-4-5-6-7-8-9-10-11-12-13-14-15-19-25-23(28)22(20(2)3)26-21(27)17-16-18-24/h20,22H,4-19,24H2,1-3H3,(H,25,28)(H,26,27). The van der Waals surface area contributed by atoms with Gasteiger partial charge in [-0.15, -0.1) is 0 Å². The molecule has 28 heavy (non-hydrogen) atoms. The number of nitrogens with one attached hydrogen (secondary N) is 2. The van der Waals surface area contributed by atoms with Crippen molar-refractivity contribution in [2.45, 2.75) is 117 Å². The van der Waals surface area contributed by atoms with E-state index in [9.17, 15) is 9.59 Å². The molecule has 166 valence electrons. The third-order valence-electron chi connectivity index (χ3n) is 5.20. The lowest BCUT2D eigenvalue weighted by Gasteiger charge is -2.21. The quantitative estimate of drug-likeness (QED) is 0.277. The van der Waals surface area contributed by atoms with Crippen LogP contribution in [0.4, 0.5) is 0 Å². The molecule has 0 aliphatic carbocycles. The number of carbonyl (C=O) groups is 2. The van der Waals surface area contributed by atoms with Gasteiger partial charge in [-0.1, -0.05) is 91.4 Å². The summed E-state index contributed by atoms with van der Waals surface area (Å²) < 4.78 is 0. The fourth-order valence-electron chi connectivity index (χ4n) is 3.33. The van der Waals surface area contributed by atoms with Crippen LogP contribution in [-0.2, 0) is 9.59 Å². The van der Waals surface area contributed by atoms with Gasteiger partial charge >= 0.3 is 0 Å². The smallest absolute Gasteiger partial charge is 0.242 e. The Hall–Kier alpha value is -1.10. The molecule has 0 rings (SSSR count). The first-order valence-electron chi connectivity index (χ1n) is 11.8. The maximum absolute atomic E-state index is 12.3. The van der Waals surface area contributed by atoms with E-state index >= 15 is 0 Å². The Labute approximate surface area is 174 Å². The number of hydrogen-bond donors (Lipinski definition) is 3. The van der Waals surface area contributed by atoms with Crippen LogP contribution in [0.25, 0.3) is 0 Å². The number of carbonyl (C=O) groups excluding carboxylic acids is 2. The van der Waals surface area contributed by atoms with Crippen LogP contribution in [0.5, 0.6) is 0 Å². The highest BCUT2D eigenvalue weighted by molar-refractivity contribution is 5.87. The summed E-state index contributed by atoms with van der Waals surface area (Å²) in [4.78, 5) is 24.2. The van der Waals surface area contributed by atoms with E-state index in [0.29, 0.717) is 25.9 Å². The van der Waals surface area contributed by atoms with Crippen molar-refractivity contribution in [1.82, 2.24) is 10.6 Å². The number of rotatable bonds is 19. The Balaban J connectivity index is 3.66. The first kappa shape index (κ1) is 26.9. The molecule has 1 unspecified atom stereocenters. The highest BCUT2D eigenvalue weighted by atomic mass is 16.2. The Morgan fingerprint density at radius 2 is 1.29 bits per heavy atom. The Morgan fingerprint density at radius 1 is 0.786 bits per heavy atom. The molecule has 0 fully saturated rings. The highest BCUT2D eigenvalue weighted by Crippen LogP contribution is 2.11. The van der Waals surface area contributed by atoms with Crippen molar-refractivity contribution in [1.29, 1.82) is 0 Å². The van der Waals surface area contributed by atoms with Crippen LogP contribution in [0.15, 0.2) is 0 Å². The highest BCUT2D eigenvalue weighted by Gasteiger charge is 2.23. The molecule has 0 saturated carbocycles. The van der Waals surface area contributed by atoms with Gasteiger partial charge in [0.15, 0.2) is 0 Å². The fraction of sp³-hybridized carbons (Fsp3) is 0.913. The van der Waals surface area contributed by atoms with Gasteiger partial charge in [0, 0.05) is 13.0 Å². The van der Waals surface area contributed by atoms with Crippen LogP contribution in [0.1, 0.15) is 111 Å². The lowest BCUT2D eigenvalue weighted by Crippen LogP contribution is -2.49. The van der Waals surface area contributed by atoms with Gasteiger partial charge in [0.2, 0.25) is 11.8 Å². The third-order valence-corrected chi connectivity index (χ3v) is 5.20. The van der Waals surface area contributed by atoms with Crippen molar-refractivity contribution in [2.75, 3.05) is 13.1 Å². The van der Waals surface area contributed by atoms with E-state index in [2.05, 4.69) is 17.6 Å². The van der Waals surface area contributed by atoms with Crippen LogP contribution >= 0.6 is 0 Å². The topological polar surface area (TPSA) is 84.2 Å². The second-order valence-corrected chi connectivity index (χ2v) is 8.36. The predicted molar refractivity (Wildman–Crippen MR) is 119 cm³/mol. The summed E-state index contributed by atoms with van der Waals surface area (Å²) in [5.41, 5.74) is 5.43. The van der Waals surface area contributed by atoms with Gasteiger partial charge in [-0.3, -0.25) is 9.59 Å². The molecule has 0 aromatic heterocycles. The molecule has 0 aliphatic rings. The van der Waals surface area contributed by atoms with Gasteiger partial charge in [0.1, 0.15) is 6.04 Å². The van der Waals surface area contributed by atoms with Crippen molar-refractivity contribution in [3.63, 3.8) is 0 Å². The number of unbranched alkanes of at least 4 members (excludes halogenated alkanes) is 11. The van der Waals surface area contributed by atoms with Gasteiger partial charge in [-0.05, 0) is 25.3 Å². The second-order valence-electron chi connectivity index (χ2n) is 8.36. The number of amides is 2. The zero-order valence-corrected chi connectivity index (χ0v) is 18.9. The van der Waals surface area contributed by atoms with Crippen molar-refractivity contribution in [3.05, 3.63) is 0 Å². The maximum Gasteiger partial charge on any atom is 0.242 e. The minimum Gasteiger partial charge on any atom is -0.354 e. The molecule has 2 amide bonds. The van der Waals surface area contributed by atoms with Gasteiger partial charge in [0.25, 0.3) is 0 Å². The molecule has 0 radical (unpaired) electrons. The molecule has 5 nitrogen and oxygen atoms in total. The Bertz CT molecular complexity index is 386. The molecule has 0 spiro atoms. The van der Waals surface area contributed by atoms with Crippen LogP contribution in [-0.4, -0.2) is 30.9 Å². The van der Waals surface area contributed by atoms with E-state index in [1.165, 1.54) is 64.2 Å². The van der Waals surface area contributed by atoms with Crippen molar-refractivity contribution < 1.29 is 9.59 Å². The summed E-state index contributed by atoms with van der Waals surface area (Å²) in [6.07, 6.45) is 16.7. The van der Waals surface area contributed by atoms with E-state index in [4.69, 9.17) is 5.73 Å². The average molecular weight is 398 g/mol. The molecular formula is C23H47N3O2. The lowest BCUT2D eigenvalue weighted by molar-refractivity contribution is -0.130. The molecule has 0 saturated heterocycles. The predicted octanol–water partition coefficient (Wildman–Crippen LogP) is 4.68. The molecule has 0 heterocycles. The summed E-state index contributed by atoms with van der Waals surface area (Å²) in [6, 6.07) is -0.456. The minimum absolute atomic E-state index is 0.0702. The Kier molecular flexibility index (Phi) is 18.5. The fourth-order valence-corrected chi connectivity index (χ4v) is 3.33. The molecule has 0 aromatic rings. The molecule has 0 aromatic carbocycles. The normalized spacial score (nSPS) is 12.2. The van der Waals surface area contributed by atoms with E-state index in [-0.39, 0.29) is 17.7 Å². The van der Waals surface area contributed by atoms with Crippen LogP contribution in [0.3, 0.4) is 0 Å². The van der Waals surface area contributed by atoms with Gasteiger partial charge in [-0.25, -0.2) is 0 Å². The van der Waals surface area contributed by atoms with Gasteiger partial charge < -0.3 is 16.4 Å². The molecule has 0 aliphatic heterocycles. The van der Waals surface area contributed by atoms with Crippen LogP contribution in [0.2, 0.25) is 0 Å². The zero-order valence-electron chi connectivity index (χ0n) is 18.9. The summed E-state index contributed by atoms with van der Waals surface area (Å²) in [6.45, 7) is 7.36. The van der Waals surface area contributed by atoms with Gasteiger partial charge in [-0.2, -0.15) is 0 Å². The molecular weight excluding hydrogens is 350 g/mol.